The minimum Gasteiger partial charge on any atom is -0.325 e. The third-order valence-corrected chi connectivity index (χ3v) is 5.17. The molecule has 0 radical (unpaired) electrons. The van der Waals surface area contributed by atoms with Gasteiger partial charge in [-0.25, -0.2) is 4.98 Å². The number of benzene rings is 2. The first-order valence-corrected chi connectivity index (χ1v) is 10.0. The van der Waals surface area contributed by atoms with Crippen LogP contribution in [-0.4, -0.2) is 21.2 Å². The maximum Gasteiger partial charge on any atom is 0.262 e. The Morgan fingerprint density at radius 1 is 1.21 bits per heavy atom. The van der Waals surface area contributed by atoms with Crippen molar-refractivity contribution < 1.29 is 4.79 Å². The van der Waals surface area contributed by atoms with Gasteiger partial charge in [0.05, 0.1) is 28.3 Å². The standard InChI is InChI=1S/C21H20N4O2S/c1-2-3-12-25-20(27)17-6-4-5-7-18(17)24-21(25)28-14-19(26)23-16-10-8-15(13-22)9-11-16/h4-11H,2-3,12,14H2,1H3,(H,23,26). The molecule has 0 saturated heterocycles. The van der Waals surface area contributed by atoms with E-state index in [4.69, 9.17) is 5.26 Å². The minimum absolute atomic E-state index is 0.0750. The summed E-state index contributed by atoms with van der Waals surface area (Å²) in [6, 6.07) is 16.0. The quantitative estimate of drug-likeness (QED) is 0.488. The molecule has 0 atom stereocenters. The summed E-state index contributed by atoms with van der Waals surface area (Å²) >= 11 is 1.25. The van der Waals surface area contributed by atoms with Crippen LogP contribution in [-0.2, 0) is 11.3 Å². The molecule has 6 nitrogen and oxygen atoms in total. The lowest BCUT2D eigenvalue weighted by atomic mass is 10.2. The number of nitriles is 1. The van der Waals surface area contributed by atoms with Crippen LogP contribution >= 0.6 is 11.8 Å². The van der Waals surface area contributed by atoms with Gasteiger partial charge in [0.1, 0.15) is 0 Å². The molecule has 0 aliphatic carbocycles. The molecule has 0 unspecified atom stereocenters. The molecule has 1 amide bonds. The summed E-state index contributed by atoms with van der Waals surface area (Å²) in [7, 11) is 0. The summed E-state index contributed by atoms with van der Waals surface area (Å²) in [6.45, 7) is 2.64. The van der Waals surface area contributed by atoms with Gasteiger partial charge < -0.3 is 5.32 Å². The third-order valence-electron chi connectivity index (χ3n) is 4.19. The molecule has 0 aliphatic heterocycles. The van der Waals surface area contributed by atoms with Crippen LogP contribution in [0.4, 0.5) is 5.69 Å². The Balaban J connectivity index is 1.77. The van der Waals surface area contributed by atoms with Crippen LogP contribution in [0.1, 0.15) is 25.3 Å². The second-order valence-electron chi connectivity index (χ2n) is 6.25. The highest BCUT2D eigenvalue weighted by molar-refractivity contribution is 7.99. The number of nitrogens with one attached hydrogen (secondary N) is 1. The van der Waals surface area contributed by atoms with E-state index in [1.54, 1.807) is 34.9 Å². The maximum absolute atomic E-state index is 12.8. The van der Waals surface area contributed by atoms with Gasteiger partial charge in [0.15, 0.2) is 5.16 Å². The number of nitrogens with zero attached hydrogens (tertiary/aromatic N) is 3. The van der Waals surface area contributed by atoms with Gasteiger partial charge in [-0.2, -0.15) is 5.26 Å². The topological polar surface area (TPSA) is 87.8 Å². The first-order chi connectivity index (χ1) is 13.6. The first kappa shape index (κ1) is 19.6. The molecule has 2 aromatic carbocycles. The molecule has 0 bridgehead atoms. The average molecular weight is 392 g/mol. The number of hydrogen-bond donors (Lipinski definition) is 1. The van der Waals surface area contributed by atoms with Crippen molar-refractivity contribution in [1.29, 1.82) is 5.26 Å². The number of thioether (sulfide) groups is 1. The lowest BCUT2D eigenvalue weighted by Gasteiger charge is -2.12. The van der Waals surface area contributed by atoms with Crippen LogP contribution in [0.2, 0.25) is 0 Å². The van der Waals surface area contributed by atoms with Gasteiger partial charge in [-0.15, -0.1) is 0 Å². The summed E-state index contributed by atoms with van der Waals surface area (Å²) in [5, 5.41) is 12.8. The van der Waals surface area contributed by atoms with Crippen LogP contribution in [0.3, 0.4) is 0 Å². The van der Waals surface area contributed by atoms with Gasteiger partial charge in [-0.3, -0.25) is 14.2 Å². The molecule has 3 aromatic rings. The Kier molecular flexibility index (Phi) is 6.45. The zero-order valence-corrected chi connectivity index (χ0v) is 16.3. The molecule has 3 rings (SSSR count). The van der Waals surface area contributed by atoms with E-state index in [1.807, 2.05) is 24.3 Å². The minimum atomic E-state index is -0.195. The Labute approximate surface area is 167 Å². The van der Waals surface area contributed by atoms with Crippen molar-refractivity contribution in [3.63, 3.8) is 0 Å². The molecule has 0 fully saturated rings. The summed E-state index contributed by atoms with van der Waals surface area (Å²) < 4.78 is 1.66. The lowest BCUT2D eigenvalue weighted by molar-refractivity contribution is -0.113. The van der Waals surface area contributed by atoms with E-state index in [0.717, 1.165) is 12.8 Å². The second-order valence-corrected chi connectivity index (χ2v) is 7.19. The number of amides is 1. The SMILES string of the molecule is CCCCn1c(SCC(=O)Nc2ccc(C#N)cc2)nc2ccccc2c1=O. The monoisotopic (exact) mass is 392 g/mol. The number of fused-ring (bicyclic) bond motifs is 1. The van der Waals surface area contributed by atoms with E-state index in [2.05, 4.69) is 17.2 Å². The first-order valence-electron chi connectivity index (χ1n) is 9.04. The summed E-state index contributed by atoms with van der Waals surface area (Å²) in [5.41, 5.74) is 1.72. The van der Waals surface area contributed by atoms with Crippen molar-refractivity contribution in [3.05, 3.63) is 64.4 Å². The third kappa shape index (κ3) is 4.59. The van der Waals surface area contributed by atoms with E-state index in [0.29, 0.717) is 33.9 Å². The van der Waals surface area contributed by atoms with Gasteiger partial charge in [0, 0.05) is 12.2 Å². The average Bonchev–Trinajstić information content (AvgIpc) is 2.72. The Morgan fingerprint density at radius 2 is 1.96 bits per heavy atom. The van der Waals surface area contributed by atoms with Crippen molar-refractivity contribution in [2.45, 2.75) is 31.5 Å². The van der Waals surface area contributed by atoms with Crippen molar-refractivity contribution in [2.75, 3.05) is 11.1 Å². The predicted molar refractivity (Wildman–Crippen MR) is 111 cm³/mol. The van der Waals surface area contributed by atoms with E-state index in [9.17, 15) is 9.59 Å². The van der Waals surface area contributed by atoms with Crippen LogP contribution in [0.25, 0.3) is 10.9 Å². The van der Waals surface area contributed by atoms with Crippen LogP contribution in [0, 0.1) is 11.3 Å². The number of carbonyl (C=O) groups excluding carboxylic acids is 1. The highest BCUT2D eigenvalue weighted by atomic mass is 32.2. The summed E-state index contributed by atoms with van der Waals surface area (Å²) in [6.07, 6.45) is 1.83. The van der Waals surface area contributed by atoms with E-state index < -0.39 is 0 Å². The molecule has 7 heteroatoms. The number of hydrogen-bond acceptors (Lipinski definition) is 5. The second kappa shape index (κ2) is 9.20. The Hall–Kier alpha value is -3.11. The fourth-order valence-electron chi connectivity index (χ4n) is 2.73. The van der Waals surface area contributed by atoms with Crippen LogP contribution in [0.5, 0.6) is 0 Å². The Morgan fingerprint density at radius 3 is 2.68 bits per heavy atom. The van der Waals surface area contributed by atoms with Gasteiger partial charge >= 0.3 is 0 Å². The van der Waals surface area contributed by atoms with Crippen LogP contribution < -0.4 is 10.9 Å². The highest BCUT2D eigenvalue weighted by Gasteiger charge is 2.13. The predicted octanol–water partition coefficient (Wildman–Crippen LogP) is 3.80. The zero-order chi connectivity index (χ0) is 19.9. The molecule has 0 saturated carbocycles. The van der Waals surface area contributed by atoms with Crippen molar-refractivity contribution in [2.24, 2.45) is 0 Å². The van der Waals surface area contributed by atoms with Crippen molar-refractivity contribution in [1.82, 2.24) is 9.55 Å². The number of aromatic nitrogens is 2. The fourth-order valence-corrected chi connectivity index (χ4v) is 3.55. The normalized spacial score (nSPS) is 10.6. The molecular weight excluding hydrogens is 372 g/mol. The highest BCUT2D eigenvalue weighted by Crippen LogP contribution is 2.19. The van der Waals surface area contributed by atoms with Gasteiger partial charge in [-0.05, 0) is 42.8 Å². The smallest absolute Gasteiger partial charge is 0.262 e. The molecule has 1 aromatic heterocycles. The van der Waals surface area contributed by atoms with E-state index >= 15 is 0 Å². The molecule has 1 N–H and O–H groups in total. The van der Waals surface area contributed by atoms with E-state index in [1.165, 1.54) is 11.8 Å². The molecule has 142 valence electrons. The molecule has 1 heterocycles. The molecule has 28 heavy (non-hydrogen) atoms. The maximum atomic E-state index is 12.8. The number of carbonyl (C=O) groups is 1. The molecular formula is C21H20N4O2S. The summed E-state index contributed by atoms with van der Waals surface area (Å²) in [5.74, 6) is -0.0594. The van der Waals surface area contributed by atoms with Crippen molar-refractivity contribution in [3.8, 4) is 6.07 Å². The number of rotatable bonds is 7. The zero-order valence-electron chi connectivity index (χ0n) is 15.5. The number of para-hydroxylation sites is 1. The summed E-state index contributed by atoms with van der Waals surface area (Å²) in [4.78, 5) is 29.7. The number of anilines is 1. The van der Waals surface area contributed by atoms with Gasteiger partial charge in [0.2, 0.25) is 5.91 Å². The van der Waals surface area contributed by atoms with Crippen LogP contribution in [0.15, 0.2) is 58.5 Å². The fraction of sp³-hybridized carbons (Fsp3) is 0.238. The Bertz CT molecular complexity index is 1080. The number of unbranched alkanes of at least 4 members (excludes halogenated alkanes) is 1. The van der Waals surface area contributed by atoms with Gasteiger partial charge in [-0.1, -0.05) is 37.2 Å². The lowest BCUT2D eigenvalue weighted by Crippen LogP contribution is -2.24. The van der Waals surface area contributed by atoms with E-state index in [-0.39, 0.29) is 17.2 Å². The van der Waals surface area contributed by atoms with Gasteiger partial charge in [0.25, 0.3) is 5.56 Å². The van der Waals surface area contributed by atoms with Crippen molar-refractivity contribution >= 4 is 34.3 Å². The largest absolute Gasteiger partial charge is 0.325 e. The molecule has 0 aliphatic rings. The molecule has 0 spiro atoms.